The zero-order valence-electron chi connectivity index (χ0n) is 8.24. The van der Waals surface area contributed by atoms with Crippen LogP contribution in [0.25, 0.3) is 0 Å². The monoisotopic (exact) mass is 207 g/mol. The fraction of sp³-hybridized carbons (Fsp3) is 1.00. The number of nitrogens with zero attached hydrogens (tertiary/aromatic N) is 1. The van der Waals surface area contributed by atoms with E-state index in [1.54, 1.807) is 0 Å². The molecule has 0 atom stereocenters. The maximum atomic E-state index is 11.5. The molecular formula is C7H17N3O2S. The molecule has 5 nitrogen and oxygen atoms in total. The first kappa shape index (κ1) is 10.9. The van der Waals surface area contributed by atoms with Gasteiger partial charge in [0.05, 0.1) is 0 Å². The second-order valence-corrected chi connectivity index (χ2v) is 6.10. The van der Waals surface area contributed by atoms with Crippen molar-refractivity contribution in [1.29, 1.82) is 0 Å². The lowest BCUT2D eigenvalue weighted by atomic mass is 10.1. The van der Waals surface area contributed by atoms with E-state index in [-0.39, 0.29) is 6.04 Å². The Balaban J connectivity index is 2.58. The van der Waals surface area contributed by atoms with E-state index >= 15 is 0 Å². The summed E-state index contributed by atoms with van der Waals surface area (Å²) in [7, 11) is -3.31. The summed E-state index contributed by atoms with van der Waals surface area (Å²) >= 11 is 0. The van der Waals surface area contributed by atoms with Crippen LogP contribution in [0.1, 0.15) is 20.8 Å². The summed E-state index contributed by atoms with van der Waals surface area (Å²) in [5.74, 6) is 0. The molecule has 1 rings (SSSR count). The van der Waals surface area contributed by atoms with E-state index in [1.165, 1.54) is 4.31 Å². The predicted octanol–water partition coefficient (Wildman–Crippen LogP) is -0.738. The van der Waals surface area contributed by atoms with Gasteiger partial charge in [-0.05, 0) is 20.8 Å². The van der Waals surface area contributed by atoms with Crippen LogP contribution in [0, 0.1) is 0 Å². The molecule has 0 aliphatic carbocycles. The lowest BCUT2D eigenvalue weighted by molar-refractivity contribution is 0.257. The molecule has 1 aliphatic heterocycles. The highest BCUT2D eigenvalue weighted by Gasteiger charge is 2.35. The first-order valence-corrected chi connectivity index (χ1v) is 5.69. The van der Waals surface area contributed by atoms with Crippen molar-refractivity contribution in [2.45, 2.75) is 32.4 Å². The normalized spacial score (nSPS) is 21.5. The molecule has 1 aliphatic rings. The molecule has 13 heavy (non-hydrogen) atoms. The number of nitrogens with one attached hydrogen (secondary N) is 1. The molecule has 0 saturated carbocycles. The fourth-order valence-corrected chi connectivity index (χ4v) is 2.80. The molecule has 78 valence electrons. The molecule has 6 heteroatoms. The zero-order chi connectivity index (χ0) is 10.3. The van der Waals surface area contributed by atoms with Gasteiger partial charge in [0, 0.05) is 24.7 Å². The maximum Gasteiger partial charge on any atom is 0.280 e. The number of hydrogen-bond donors (Lipinski definition) is 2. The van der Waals surface area contributed by atoms with Gasteiger partial charge in [0.1, 0.15) is 0 Å². The highest BCUT2D eigenvalue weighted by atomic mass is 32.2. The van der Waals surface area contributed by atoms with E-state index in [2.05, 4.69) is 4.72 Å². The smallest absolute Gasteiger partial charge is 0.280 e. The maximum absolute atomic E-state index is 11.5. The van der Waals surface area contributed by atoms with Gasteiger partial charge in [-0.3, -0.25) is 0 Å². The minimum atomic E-state index is -3.31. The van der Waals surface area contributed by atoms with Gasteiger partial charge in [-0.1, -0.05) is 0 Å². The van der Waals surface area contributed by atoms with Crippen LogP contribution in [-0.2, 0) is 10.2 Å². The molecule has 0 amide bonds. The molecule has 3 N–H and O–H groups in total. The Morgan fingerprint density at radius 1 is 1.38 bits per heavy atom. The molecule has 0 spiro atoms. The molecule has 0 aromatic heterocycles. The second-order valence-electron chi connectivity index (χ2n) is 4.43. The first-order valence-electron chi connectivity index (χ1n) is 4.25. The summed E-state index contributed by atoms with van der Waals surface area (Å²) < 4.78 is 27.0. The van der Waals surface area contributed by atoms with Gasteiger partial charge in [0.25, 0.3) is 10.2 Å². The van der Waals surface area contributed by atoms with Gasteiger partial charge in [-0.15, -0.1) is 0 Å². The van der Waals surface area contributed by atoms with Crippen LogP contribution < -0.4 is 10.5 Å². The quantitative estimate of drug-likeness (QED) is 0.626. The Labute approximate surface area is 79.5 Å². The van der Waals surface area contributed by atoms with Crippen molar-refractivity contribution >= 4 is 10.2 Å². The molecule has 0 radical (unpaired) electrons. The summed E-state index contributed by atoms with van der Waals surface area (Å²) in [6.07, 6.45) is 0. The van der Waals surface area contributed by atoms with Crippen molar-refractivity contribution < 1.29 is 8.42 Å². The van der Waals surface area contributed by atoms with Crippen molar-refractivity contribution in [3.63, 3.8) is 0 Å². The van der Waals surface area contributed by atoms with Gasteiger partial charge in [-0.25, -0.2) is 0 Å². The van der Waals surface area contributed by atoms with Gasteiger partial charge in [-0.2, -0.15) is 17.4 Å². The van der Waals surface area contributed by atoms with Gasteiger partial charge in [0.2, 0.25) is 0 Å². The van der Waals surface area contributed by atoms with Crippen molar-refractivity contribution in [2.24, 2.45) is 5.73 Å². The lowest BCUT2D eigenvalue weighted by Crippen LogP contribution is -2.62. The Bertz CT molecular complexity index is 275. The summed E-state index contributed by atoms with van der Waals surface area (Å²) in [6, 6.07) is -0.00320. The van der Waals surface area contributed by atoms with Gasteiger partial charge in [0.15, 0.2) is 0 Å². The van der Waals surface area contributed by atoms with E-state index < -0.39 is 15.7 Å². The van der Waals surface area contributed by atoms with Crippen LogP contribution >= 0.6 is 0 Å². The van der Waals surface area contributed by atoms with Crippen molar-refractivity contribution in [3.05, 3.63) is 0 Å². The number of hydrogen-bond acceptors (Lipinski definition) is 3. The van der Waals surface area contributed by atoms with Crippen LogP contribution in [0.4, 0.5) is 0 Å². The predicted molar refractivity (Wildman–Crippen MR) is 51.4 cm³/mol. The van der Waals surface area contributed by atoms with Crippen molar-refractivity contribution in [3.8, 4) is 0 Å². The molecule has 0 bridgehead atoms. The first-order chi connectivity index (χ1) is 5.71. The van der Waals surface area contributed by atoms with Gasteiger partial charge >= 0.3 is 0 Å². The van der Waals surface area contributed by atoms with Crippen LogP contribution in [0.15, 0.2) is 0 Å². The molecular weight excluding hydrogens is 190 g/mol. The average molecular weight is 207 g/mol. The molecule has 0 unspecified atom stereocenters. The minimum Gasteiger partial charge on any atom is -0.325 e. The Kier molecular flexibility index (Phi) is 2.68. The van der Waals surface area contributed by atoms with E-state index in [0.29, 0.717) is 13.1 Å². The van der Waals surface area contributed by atoms with Crippen molar-refractivity contribution in [1.82, 2.24) is 9.03 Å². The summed E-state index contributed by atoms with van der Waals surface area (Å²) in [6.45, 7) is 6.27. The summed E-state index contributed by atoms with van der Waals surface area (Å²) in [4.78, 5) is 0. The van der Waals surface area contributed by atoms with E-state index in [0.717, 1.165) is 0 Å². The Hall–Kier alpha value is -0.170. The third-order valence-electron chi connectivity index (χ3n) is 1.65. The minimum absolute atomic E-state index is 0.00320. The van der Waals surface area contributed by atoms with E-state index in [1.807, 2.05) is 20.8 Å². The average Bonchev–Trinajstić information content (AvgIpc) is 1.74. The third kappa shape index (κ3) is 2.91. The van der Waals surface area contributed by atoms with E-state index in [4.69, 9.17) is 5.73 Å². The van der Waals surface area contributed by atoms with Crippen LogP contribution in [0.5, 0.6) is 0 Å². The SMILES string of the molecule is CC(C)(C)NS(=O)(=O)N1CC(N)C1. The fourth-order valence-electron chi connectivity index (χ4n) is 1.12. The van der Waals surface area contributed by atoms with Crippen LogP contribution in [0.2, 0.25) is 0 Å². The molecule has 1 heterocycles. The summed E-state index contributed by atoms with van der Waals surface area (Å²) in [5.41, 5.74) is 5.06. The highest BCUT2D eigenvalue weighted by molar-refractivity contribution is 7.87. The molecule has 0 aromatic rings. The van der Waals surface area contributed by atoms with Crippen LogP contribution in [0.3, 0.4) is 0 Å². The van der Waals surface area contributed by atoms with Crippen LogP contribution in [-0.4, -0.2) is 37.4 Å². The number of rotatable bonds is 2. The van der Waals surface area contributed by atoms with E-state index in [9.17, 15) is 8.42 Å². The zero-order valence-corrected chi connectivity index (χ0v) is 9.06. The Morgan fingerprint density at radius 2 is 1.85 bits per heavy atom. The standard InChI is InChI=1S/C7H17N3O2S/c1-7(2,3)9-13(11,12)10-4-6(8)5-10/h6,9H,4-5,8H2,1-3H3. The third-order valence-corrected chi connectivity index (χ3v) is 3.50. The summed E-state index contributed by atoms with van der Waals surface area (Å²) in [5, 5.41) is 0. The second kappa shape index (κ2) is 3.20. The lowest BCUT2D eigenvalue weighted by Gasteiger charge is -2.37. The largest absolute Gasteiger partial charge is 0.325 e. The van der Waals surface area contributed by atoms with Crippen molar-refractivity contribution in [2.75, 3.05) is 13.1 Å². The number of nitrogens with two attached hydrogens (primary N) is 1. The topological polar surface area (TPSA) is 75.4 Å². The molecule has 0 aromatic carbocycles. The van der Waals surface area contributed by atoms with Gasteiger partial charge < -0.3 is 5.73 Å². The Morgan fingerprint density at radius 3 is 2.15 bits per heavy atom. The highest BCUT2D eigenvalue weighted by Crippen LogP contribution is 2.13. The molecule has 1 fully saturated rings. The molecule has 1 saturated heterocycles.